The maximum absolute atomic E-state index is 12.4. The van der Waals surface area contributed by atoms with Crippen LogP contribution in [0.15, 0.2) is 24.3 Å². The van der Waals surface area contributed by atoms with Crippen LogP contribution in [0.1, 0.15) is 13.3 Å². The van der Waals surface area contributed by atoms with Crippen molar-refractivity contribution in [3.05, 3.63) is 29.3 Å². The summed E-state index contributed by atoms with van der Waals surface area (Å²) < 4.78 is 5.21. The van der Waals surface area contributed by atoms with Crippen molar-refractivity contribution < 1.29 is 14.3 Å². The number of rotatable bonds is 8. The molecule has 0 bridgehead atoms. The number of benzene rings is 1. The predicted molar refractivity (Wildman–Crippen MR) is 89.9 cm³/mol. The van der Waals surface area contributed by atoms with Crippen molar-refractivity contribution >= 4 is 29.2 Å². The number of carbonyl (C=O) groups is 2. The van der Waals surface area contributed by atoms with Crippen LogP contribution in [0.4, 0.5) is 10.5 Å². The minimum atomic E-state index is -0.156. The highest BCUT2D eigenvalue weighted by Gasteiger charge is 2.30. The average Bonchev–Trinajstić information content (AvgIpc) is 2.89. The Morgan fingerprint density at radius 1 is 1.30 bits per heavy atom. The molecule has 1 fully saturated rings. The van der Waals surface area contributed by atoms with E-state index >= 15 is 0 Å². The van der Waals surface area contributed by atoms with Gasteiger partial charge in [0.05, 0.1) is 0 Å². The molecule has 3 amide bonds. The average molecular weight is 340 g/mol. The third-order valence-corrected chi connectivity index (χ3v) is 3.81. The van der Waals surface area contributed by atoms with Crippen LogP contribution < -0.4 is 10.2 Å². The fourth-order valence-corrected chi connectivity index (χ4v) is 2.49. The molecule has 1 heterocycles. The Morgan fingerprint density at radius 2 is 2.04 bits per heavy atom. The van der Waals surface area contributed by atoms with Gasteiger partial charge in [-0.2, -0.15) is 0 Å². The second kappa shape index (κ2) is 8.74. The van der Waals surface area contributed by atoms with Gasteiger partial charge in [0.25, 0.3) is 0 Å². The van der Waals surface area contributed by atoms with Crippen LogP contribution in [0.25, 0.3) is 0 Å². The number of urea groups is 1. The summed E-state index contributed by atoms with van der Waals surface area (Å²) in [4.78, 5) is 27.4. The third kappa shape index (κ3) is 5.11. The van der Waals surface area contributed by atoms with Gasteiger partial charge in [-0.3, -0.25) is 9.69 Å². The Hall–Kier alpha value is -1.79. The zero-order valence-corrected chi connectivity index (χ0v) is 14.0. The number of ether oxygens (including phenoxy) is 1. The van der Waals surface area contributed by atoms with Crippen LogP contribution in [0.5, 0.6) is 0 Å². The maximum atomic E-state index is 12.4. The van der Waals surface area contributed by atoms with E-state index in [4.69, 9.17) is 16.3 Å². The van der Waals surface area contributed by atoms with Crippen LogP contribution in [0, 0.1) is 0 Å². The number of hydrogen-bond donors (Lipinski definition) is 1. The normalized spacial score (nSPS) is 14.4. The fourth-order valence-electron chi connectivity index (χ4n) is 2.37. The second-order valence-corrected chi connectivity index (χ2v) is 5.67. The van der Waals surface area contributed by atoms with Gasteiger partial charge in [-0.05, 0) is 37.6 Å². The lowest BCUT2D eigenvalue weighted by Gasteiger charge is -2.18. The Morgan fingerprint density at radius 3 is 2.74 bits per heavy atom. The molecule has 1 aliphatic rings. The molecule has 6 nitrogen and oxygen atoms in total. The van der Waals surface area contributed by atoms with Crippen molar-refractivity contribution in [1.29, 1.82) is 0 Å². The molecule has 0 atom stereocenters. The van der Waals surface area contributed by atoms with E-state index in [1.165, 1.54) is 0 Å². The predicted octanol–water partition coefficient (Wildman–Crippen LogP) is 2.12. The lowest BCUT2D eigenvalue weighted by Crippen LogP contribution is -2.40. The van der Waals surface area contributed by atoms with Crippen molar-refractivity contribution in [2.24, 2.45) is 0 Å². The molecular formula is C16H22ClN3O3. The molecule has 1 aromatic carbocycles. The molecule has 0 spiro atoms. The number of carbonyl (C=O) groups excluding carboxylic acids is 2. The number of hydrogen-bond acceptors (Lipinski definition) is 3. The Balaban J connectivity index is 1.78. The van der Waals surface area contributed by atoms with Crippen molar-refractivity contribution in [2.75, 3.05) is 44.3 Å². The van der Waals surface area contributed by atoms with E-state index in [2.05, 4.69) is 5.32 Å². The van der Waals surface area contributed by atoms with Crippen LogP contribution in [-0.2, 0) is 9.53 Å². The van der Waals surface area contributed by atoms with Gasteiger partial charge < -0.3 is 15.0 Å². The molecular weight excluding hydrogens is 318 g/mol. The highest BCUT2D eigenvalue weighted by Crippen LogP contribution is 2.22. The maximum Gasteiger partial charge on any atom is 0.325 e. The molecule has 7 heteroatoms. The Labute approximate surface area is 141 Å². The van der Waals surface area contributed by atoms with E-state index in [1.54, 1.807) is 34.1 Å². The lowest BCUT2D eigenvalue weighted by molar-refractivity contribution is -0.121. The van der Waals surface area contributed by atoms with E-state index in [-0.39, 0.29) is 18.5 Å². The van der Waals surface area contributed by atoms with Gasteiger partial charge in [-0.15, -0.1) is 0 Å². The van der Waals surface area contributed by atoms with Gasteiger partial charge in [0.2, 0.25) is 5.91 Å². The molecule has 0 unspecified atom stereocenters. The summed E-state index contributed by atoms with van der Waals surface area (Å²) >= 11 is 5.86. The smallest absolute Gasteiger partial charge is 0.325 e. The molecule has 0 saturated carbocycles. The highest BCUT2D eigenvalue weighted by atomic mass is 35.5. The number of nitrogens with zero attached hydrogens (tertiary/aromatic N) is 2. The van der Waals surface area contributed by atoms with Gasteiger partial charge in [0.1, 0.15) is 6.54 Å². The number of nitrogens with one attached hydrogen (secondary N) is 1. The number of amides is 3. The van der Waals surface area contributed by atoms with E-state index in [1.807, 2.05) is 6.92 Å². The van der Waals surface area contributed by atoms with E-state index in [9.17, 15) is 9.59 Å². The molecule has 0 aromatic heterocycles. The number of anilines is 1. The third-order valence-electron chi connectivity index (χ3n) is 3.56. The lowest BCUT2D eigenvalue weighted by atomic mass is 10.3. The first-order chi connectivity index (χ1) is 11.1. The summed E-state index contributed by atoms with van der Waals surface area (Å²) in [5.41, 5.74) is 0.791. The topological polar surface area (TPSA) is 61.9 Å². The van der Waals surface area contributed by atoms with Crippen LogP contribution in [0.3, 0.4) is 0 Å². The van der Waals surface area contributed by atoms with Gasteiger partial charge in [0, 0.05) is 43.6 Å². The summed E-state index contributed by atoms with van der Waals surface area (Å²) in [7, 11) is 0. The zero-order chi connectivity index (χ0) is 16.7. The van der Waals surface area contributed by atoms with E-state index < -0.39 is 0 Å². The van der Waals surface area contributed by atoms with Gasteiger partial charge in [-0.25, -0.2) is 4.79 Å². The summed E-state index contributed by atoms with van der Waals surface area (Å²) in [5, 5.41) is 3.43. The van der Waals surface area contributed by atoms with Crippen molar-refractivity contribution in [2.45, 2.75) is 13.3 Å². The minimum absolute atomic E-state index is 0.0809. The second-order valence-electron chi connectivity index (χ2n) is 5.23. The summed E-state index contributed by atoms with van der Waals surface area (Å²) in [5.74, 6) is -0.146. The minimum Gasteiger partial charge on any atom is -0.382 e. The van der Waals surface area contributed by atoms with Gasteiger partial charge >= 0.3 is 6.03 Å². The number of halogens is 1. The highest BCUT2D eigenvalue weighted by molar-refractivity contribution is 6.30. The fraction of sp³-hybridized carbons (Fsp3) is 0.500. The monoisotopic (exact) mass is 339 g/mol. The van der Waals surface area contributed by atoms with Crippen LogP contribution in [0.2, 0.25) is 5.02 Å². The molecule has 2 rings (SSSR count). The summed E-state index contributed by atoms with van der Waals surface area (Å²) in [6.07, 6.45) is 0.768. The quantitative estimate of drug-likeness (QED) is 0.738. The van der Waals surface area contributed by atoms with E-state index in [0.29, 0.717) is 37.9 Å². The molecule has 126 valence electrons. The molecule has 23 heavy (non-hydrogen) atoms. The van der Waals surface area contributed by atoms with Crippen molar-refractivity contribution in [3.63, 3.8) is 0 Å². The van der Waals surface area contributed by atoms with Crippen molar-refractivity contribution in [1.82, 2.24) is 10.2 Å². The van der Waals surface area contributed by atoms with Crippen molar-refractivity contribution in [3.8, 4) is 0 Å². The Kier molecular flexibility index (Phi) is 6.67. The summed E-state index contributed by atoms with van der Waals surface area (Å²) in [6, 6.07) is 6.95. The molecule has 0 radical (unpaired) electrons. The van der Waals surface area contributed by atoms with Gasteiger partial charge in [0.15, 0.2) is 0 Å². The van der Waals surface area contributed by atoms with Crippen LogP contribution >= 0.6 is 11.6 Å². The molecule has 1 aliphatic heterocycles. The molecule has 0 aliphatic carbocycles. The Bertz CT molecular complexity index is 536. The first-order valence-electron chi connectivity index (χ1n) is 7.78. The largest absolute Gasteiger partial charge is 0.382 e. The summed E-state index contributed by atoms with van der Waals surface area (Å²) in [6.45, 7) is 4.98. The molecule has 1 aromatic rings. The SMILES string of the molecule is CCOCCCNC(=O)CN1CCN(c2ccc(Cl)cc2)C1=O. The molecule has 1 saturated heterocycles. The van der Waals surface area contributed by atoms with Crippen LogP contribution in [-0.4, -0.2) is 56.2 Å². The zero-order valence-electron chi connectivity index (χ0n) is 13.3. The first-order valence-corrected chi connectivity index (χ1v) is 8.16. The standard InChI is InChI=1S/C16H22ClN3O3/c1-2-23-11-3-8-18-15(21)12-19-9-10-20(16(19)22)14-6-4-13(17)5-7-14/h4-7H,2-3,8-12H2,1H3,(H,18,21). The van der Waals surface area contributed by atoms with E-state index in [0.717, 1.165) is 12.1 Å². The molecule has 1 N–H and O–H groups in total. The van der Waals surface area contributed by atoms with Gasteiger partial charge in [-0.1, -0.05) is 11.6 Å². The first kappa shape index (κ1) is 17.6.